The number of methoxy groups -OCH3 is 1. The highest BCUT2D eigenvalue weighted by Gasteiger charge is 2.56. The van der Waals surface area contributed by atoms with Gasteiger partial charge in [-0.15, -0.1) is 0 Å². The Labute approximate surface area is 152 Å². The van der Waals surface area contributed by atoms with Gasteiger partial charge in [-0.1, -0.05) is 42.5 Å². The minimum atomic E-state index is -0.208. The van der Waals surface area contributed by atoms with Gasteiger partial charge in [0.05, 0.1) is 18.7 Å². The number of carbonyl (C=O) groups excluding carboxylic acids is 1. The van der Waals surface area contributed by atoms with Crippen LogP contribution in [0.2, 0.25) is 0 Å². The highest BCUT2D eigenvalue weighted by Crippen LogP contribution is 2.67. The average molecular weight is 341 g/mol. The number of ether oxygens (including phenoxy) is 1. The number of nitrogens with zero attached hydrogens (tertiary/aromatic N) is 1. The van der Waals surface area contributed by atoms with Gasteiger partial charge in [-0.05, 0) is 58.9 Å². The first-order valence-corrected chi connectivity index (χ1v) is 9.12. The lowest BCUT2D eigenvalue weighted by Gasteiger charge is -2.29. The van der Waals surface area contributed by atoms with Gasteiger partial charge in [0.1, 0.15) is 0 Å². The Balaban J connectivity index is 1.72. The molecule has 1 fully saturated rings. The molecule has 0 saturated heterocycles. The van der Waals surface area contributed by atoms with Gasteiger partial charge in [0.15, 0.2) is 0 Å². The minimum absolute atomic E-state index is 0.163. The monoisotopic (exact) mass is 341 g/mol. The van der Waals surface area contributed by atoms with E-state index in [1.807, 2.05) is 18.2 Å². The molecule has 3 aliphatic rings. The van der Waals surface area contributed by atoms with Crippen molar-refractivity contribution in [2.24, 2.45) is 11.8 Å². The van der Waals surface area contributed by atoms with E-state index >= 15 is 0 Å². The number of benzene rings is 2. The first-order chi connectivity index (χ1) is 12.7. The van der Waals surface area contributed by atoms with Crippen LogP contribution in [-0.4, -0.2) is 13.1 Å². The van der Waals surface area contributed by atoms with Crippen molar-refractivity contribution in [3.05, 3.63) is 82.4 Å². The number of fused-ring (bicyclic) bond motifs is 4. The maximum Gasteiger partial charge on any atom is 0.333 e. The van der Waals surface area contributed by atoms with Crippen LogP contribution in [0.1, 0.15) is 46.4 Å². The van der Waals surface area contributed by atoms with Crippen LogP contribution >= 0.6 is 0 Å². The second-order valence-electron chi connectivity index (χ2n) is 7.56. The maximum absolute atomic E-state index is 12.5. The summed E-state index contributed by atoms with van der Waals surface area (Å²) in [4.78, 5) is 12.5. The SMILES string of the molecule is COC(=O)C1=CC2c3ccccc3C3C2CC1[C@H]3c1cccc(C#N)c1. The topological polar surface area (TPSA) is 50.1 Å². The van der Waals surface area contributed by atoms with Crippen LogP contribution in [-0.2, 0) is 9.53 Å². The van der Waals surface area contributed by atoms with E-state index in [0.29, 0.717) is 23.3 Å². The molecule has 0 aromatic heterocycles. The molecule has 2 aromatic carbocycles. The Morgan fingerprint density at radius 2 is 1.92 bits per heavy atom. The zero-order chi connectivity index (χ0) is 17.8. The molecule has 0 heterocycles. The predicted molar refractivity (Wildman–Crippen MR) is 97.5 cm³/mol. The fraction of sp³-hybridized carbons (Fsp3) is 0.304. The third-order valence-corrected chi connectivity index (χ3v) is 6.56. The summed E-state index contributed by atoms with van der Waals surface area (Å²) < 4.78 is 5.11. The normalized spacial score (nSPS) is 30.3. The Bertz CT molecular complexity index is 984. The van der Waals surface area contributed by atoms with Crippen LogP contribution < -0.4 is 0 Å². The molecule has 0 spiro atoms. The van der Waals surface area contributed by atoms with Crippen molar-refractivity contribution in [3.63, 3.8) is 0 Å². The predicted octanol–water partition coefficient (Wildman–Crippen LogP) is 4.27. The van der Waals surface area contributed by atoms with Crippen LogP contribution in [0.4, 0.5) is 0 Å². The highest BCUT2D eigenvalue weighted by atomic mass is 16.5. The van der Waals surface area contributed by atoms with Crippen LogP contribution in [0.15, 0.2) is 60.2 Å². The van der Waals surface area contributed by atoms with Crippen molar-refractivity contribution in [2.45, 2.75) is 24.2 Å². The van der Waals surface area contributed by atoms with Crippen LogP contribution in [0.3, 0.4) is 0 Å². The molecule has 2 bridgehead atoms. The van der Waals surface area contributed by atoms with Gasteiger partial charge in [-0.25, -0.2) is 4.79 Å². The molecule has 26 heavy (non-hydrogen) atoms. The summed E-state index contributed by atoms with van der Waals surface area (Å²) in [5, 5.41) is 9.32. The lowest BCUT2D eigenvalue weighted by Crippen LogP contribution is -2.22. The lowest BCUT2D eigenvalue weighted by molar-refractivity contribution is -0.136. The molecule has 0 radical (unpaired) electrons. The average Bonchev–Trinajstić information content (AvgIpc) is 3.17. The number of carbonyl (C=O) groups is 1. The molecule has 0 amide bonds. The zero-order valence-corrected chi connectivity index (χ0v) is 14.6. The molecule has 2 aromatic rings. The van der Waals surface area contributed by atoms with Gasteiger partial charge in [0, 0.05) is 11.5 Å². The molecular formula is C23H19NO2. The van der Waals surface area contributed by atoms with E-state index in [9.17, 15) is 10.1 Å². The number of rotatable bonds is 2. The molecule has 0 aliphatic heterocycles. The number of allylic oxidation sites excluding steroid dienone is 1. The maximum atomic E-state index is 12.5. The molecule has 3 aliphatic carbocycles. The Kier molecular flexibility index (Phi) is 3.30. The van der Waals surface area contributed by atoms with Crippen LogP contribution in [0, 0.1) is 23.2 Å². The fourth-order valence-corrected chi connectivity index (χ4v) is 5.69. The smallest absolute Gasteiger partial charge is 0.333 e. The van der Waals surface area contributed by atoms with E-state index in [0.717, 1.165) is 17.6 Å². The van der Waals surface area contributed by atoms with Gasteiger partial charge in [0.2, 0.25) is 0 Å². The first kappa shape index (κ1) is 15.4. The Morgan fingerprint density at radius 1 is 1.12 bits per heavy atom. The van der Waals surface area contributed by atoms with Crippen molar-refractivity contribution in [1.29, 1.82) is 5.26 Å². The van der Waals surface area contributed by atoms with Gasteiger partial charge in [-0.2, -0.15) is 5.26 Å². The summed E-state index contributed by atoms with van der Waals surface area (Å²) in [6.45, 7) is 0. The molecule has 3 heteroatoms. The zero-order valence-electron chi connectivity index (χ0n) is 14.6. The number of esters is 1. The largest absolute Gasteiger partial charge is 0.466 e. The van der Waals surface area contributed by atoms with Crippen molar-refractivity contribution in [1.82, 2.24) is 0 Å². The Morgan fingerprint density at radius 3 is 2.69 bits per heavy atom. The van der Waals surface area contributed by atoms with Gasteiger partial charge >= 0.3 is 5.97 Å². The van der Waals surface area contributed by atoms with Crippen molar-refractivity contribution in [2.75, 3.05) is 7.11 Å². The minimum Gasteiger partial charge on any atom is -0.466 e. The third kappa shape index (κ3) is 1.96. The van der Waals surface area contributed by atoms with Gasteiger partial charge in [0.25, 0.3) is 0 Å². The van der Waals surface area contributed by atoms with E-state index in [1.54, 1.807) is 0 Å². The van der Waals surface area contributed by atoms with Crippen molar-refractivity contribution in [3.8, 4) is 6.07 Å². The highest BCUT2D eigenvalue weighted by molar-refractivity contribution is 5.90. The Hall–Kier alpha value is -2.86. The van der Waals surface area contributed by atoms with Crippen LogP contribution in [0.5, 0.6) is 0 Å². The molecule has 0 N–H and O–H groups in total. The third-order valence-electron chi connectivity index (χ3n) is 6.56. The number of hydrogen-bond donors (Lipinski definition) is 0. The van der Waals surface area contributed by atoms with Crippen LogP contribution in [0.25, 0.3) is 0 Å². The first-order valence-electron chi connectivity index (χ1n) is 9.12. The van der Waals surface area contributed by atoms with E-state index in [1.165, 1.54) is 18.2 Å². The molecule has 1 saturated carbocycles. The molecular weight excluding hydrogens is 322 g/mol. The number of hydrogen-bond acceptors (Lipinski definition) is 3. The lowest BCUT2D eigenvalue weighted by atomic mass is 9.75. The summed E-state index contributed by atoms with van der Waals surface area (Å²) in [5.74, 6) is 1.39. The van der Waals surface area contributed by atoms with Crippen molar-refractivity contribution >= 4 is 5.97 Å². The molecule has 5 atom stereocenters. The number of nitriles is 1. The van der Waals surface area contributed by atoms with Gasteiger partial charge < -0.3 is 4.74 Å². The van der Waals surface area contributed by atoms with Gasteiger partial charge in [-0.3, -0.25) is 0 Å². The molecule has 3 nitrogen and oxygen atoms in total. The molecule has 5 rings (SSSR count). The standard InChI is InChI=1S/C23H19NO2/c1-26-23(25)20-10-17-15-7-2-3-8-16(15)22-18(17)11-19(20)21(22)14-6-4-5-13(9-14)12-24/h2-10,17-19,21-22H,11H2,1H3/t17?,18?,19?,21-,22?/m1/s1. The summed E-state index contributed by atoms with van der Waals surface area (Å²) in [6.07, 6.45) is 3.17. The van der Waals surface area contributed by atoms with E-state index < -0.39 is 0 Å². The summed E-state index contributed by atoms with van der Waals surface area (Å²) >= 11 is 0. The van der Waals surface area contributed by atoms with Crippen molar-refractivity contribution < 1.29 is 9.53 Å². The van der Waals surface area contributed by atoms with E-state index in [4.69, 9.17) is 4.74 Å². The fourth-order valence-electron chi connectivity index (χ4n) is 5.69. The van der Waals surface area contributed by atoms with E-state index in [2.05, 4.69) is 42.5 Å². The molecule has 4 unspecified atom stereocenters. The summed E-state index contributed by atoms with van der Waals surface area (Å²) in [7, 11) is 1.46. The summed E-state index contributed by atoms with van der Waals surface area (Å²) in [5.41, 5.74) is 5.42. The quantitative estimate of drug-likeness (QED) is 0.767. The van der Waals surface area contributed by atoms with E-state index in [-0.39, 0.29) is 17.8 Å². The summed E-state index contributed by atoms with van der Waals surface area (Å²) in [6, 6.07) is 18.8. The second kappa shape index (κ2) is 5.57. The second-order valence-corrected chi connectivity index (χ2v) is 7.56. The molecule has 128 valence electrons.